The number of H-pyrrole nitrogens is 1. The molecule has 0 radical (unpaired) electrons. The highest BCUT2D eigenvalue weighted by atomic mass is 16.6. The normalized spacial score (nSPS) is 10.3. The monoisotopic (exact) mass is 443 g/mol. The molecule has 0 bridgehead atoms. The van der Waals surface area contributed by atoms with Crippen molar-refractivity contribution in [3.63, 3.8) is 0 Å². The molecule has 13 nitrogen and oxygen atoms in total. The molecule has 0 saturated heterocycles. The molecule has 0 aliphatic rings. The summed E-state index contributed by atoms with van der Waals surface area (Å²) in [5.74, 6) is -2.30. The number of nitro groups is 1. The van der Waals surface area contributed by atoms with Crippen molar-refractivity contribution in [3.05, 3.63) is 62.1 Å². The van der Waals surface area contributed by atoms with Crippen LogP contribution in [0.2, 0.25) is 0 Å². The van der Waals surface area contributed by atoms with Crippen molar-refractivity contribution >= 4 is 28.3 Å². The van der Waals surface area contributed by atoms with E-state index in [2.05, 4.69) is 21.0 Å². The summed E-state index contributed by atoms with van der Waals surface area (Å²) >= 11 is 0. The van der Waals surface area contributed by atoms with Gasteiger partial charge in [0.2, 0.25) is 11.5 Å². The van der Waals surface area contributed by atoms with Crippen molar-refractivity contribution in [3.8, 4) is 17.2 Å². The van der Waals surface area contributed by atoms with Gasteiger partial charge in [-0.3, -0.25) is 35.3 Å². The first kappa shape index (κ1) is 22.0. The third-order valence-corrected chi connectivity index (χ3v) is 4.43. The van der Waals surface area contributed by atoms with Gasteiger partial charge in [0.05, 0.1) is 31.6 Å². The molecule has 1 aromatic heterocycles. The van der Waals surface area contributed by atoms with Crippen LogP contribution in [0.4, 0.5) is 5.69 Å². The number of carbonyl (C=O) groups excluding carboxylic acids is 2. The van der Waals surface area contributed by atoms with Crippen molar-refractivity contribution in [2.75, 3.05) is 21.3 Å². The molecule has 0 spiro atoms. The van der Waals surface area contributed by atoms with Crippen molar-refractivity contribution in [2.24, 2.45) is 0 Å². The fourth-order valence-electron chi connectivity index (χ4n) is 3.02. The number of methoxy groups -OCH3 is 3. The largest absolute Gasteiger partial charge is 0.493 e. The standard InChI is InChI=1S/C19H17N5O8/c1-30-12-8-11(14(24(28)29)16(32-3)15(12)31-2)18(26)22-23-19(27)13-9-6-4-5-7-10(9)17(25)21-20-13/h4-8H,1-3H3,(H,21,25)(H,22,26)(H,23,27). The van der Waals surface area contributed by atoms with E-state index in [1.807, 2.05) is 0 Å². The van der Waals surface area contributed by atoms with Gasteiger partial charge in [0, 0.05) is 11.5 Å². The van der Waals surface area contributed by atoms with E-state index in [4.69, 9.17) is 14.2 Å². The molecule has 0 fully saturated rings. The number of benzene rings is 2. The van der Waals surface area contributed by atoms with Crippen LogP contribution in [0.3, 0.4) is 0 Å². The van der Waals surface area contributed by atoms with Crippen molar-refractivity contribution in [1.82, 2.24) is 21.0 Å². The van der Waals surface area contributed by atoms with E-state index in [0.29, 0.717) is 0 Å². The number of aromatic amines is 1. The number of nitrogens with zero attached hydrogens (tertiary/aromatic N) is 2. The van der Waals surface area contributed by atoms with E-state index in [-0.39, 0.29) is 33.7 Å². The van der Waals surface area contributed by atoms with Gasteiger partial charge in [0.15, 0.2) is 11.4 Å². The van der Waals surface area contributed by atoms with E-state index in [1.165, 1.54) is 33.5 Å². The zero-order chi connectivity index (χ0) is 23.4. The number of rotatable bonds is 6. The molecule has 0 unspecified atom stereocenters. The highest BCUT2D eigenvalue weighted by molar-refractivity contribution is 6.07. The Labute approximate surface area is 179 Å². The topological polar surface area (TPSA) is 175 Å². The second kappa shape index (κ2) is 8.99. The van der Waals surface area contributed by atoms with Crippen LogP contribution in [0.15, 0.2) is 35.1 Å². The summed E-state index contributed by atoms with van der Waals surface area (Å²) in [4.78, 5) is 47.9. The van der Waals surface area contributed by atoms with Gasteiger partial charge in [-0.1, -0.05) is 18.2 Å². The molecule has 2 amide bonds. The smallest absolute Gasteiger partial charge is 0.327 e. The fourth-order valence-corrected chi connectivity index (χ4v) is 3.02. The zero-order valence-electron chi connectivity index (χ0n) is 17.0. The van der Waals surface area contributed by atoms with Crippen molar-refractivity contribution in [1.29, 1.82) is 0 Å². The predicted molar refractivity (Wildman–Crippen MR) is 110 cm³/mol. The number of nitro benzene ring substituents is 1. The van der Waals surface area contributed by atoms with Gasteiger partial charge >= 0.3 is 5.69 Å². The van der Waals surface area contributed by atoms with E-state index >= 15 is 0 Å². The Bertz CT molecular complexity index is 1290. The third kappa shape index (κ3) is 3.86. The Morgan fingerprint density at radius 1 is 1.00 bits per heavy atom. The molecular weight excluding hydrogens is 426 g/mol. The maximum absolute atomic E-state index is 12.7. The molecule has 32 heavy (non-hydrogen) atoms. The van der Waals surface area contributed by atoms with Crippen LogP contribution < -0.4 is 30.6 Å². The molecule has 3 aromatic rings. The average Bonchev–Trinajstić information content (AvgIpc) is 2.80. The minimum Gasteiger partial charge on any atom is -0.493 e. The van der Waals surface area contributed by atoms with E-state index in [0.717, 1.165) is 6.07 Å². The number of amides is 2. The number of carbonyl (C=O) groups is 2. The van der Waals surface area contributed by atoms with Crippen LogP contribution >= 0.6 is 0 Å². The molecule has 0 aliphatic heterocycles. The minimum atomic E-state index is -1.03. The summed E-state index contributed by atoms with van der Waals surface area (Å²) in [6.45, 7) is 0. The number of fused-ring (bicyclic) bond motifs is 1. The Balaban J connectivity index is 1.95. The zero-order valence-corrected chi connectivity index (χ0v) is 17.0. The number of aromatic nitrogens is 2. The number of hydrogen-bond acceptors (Lipinski definition) is 9. The summed E-state index contributed by atoms with van der Waals surface area (Å²) in [6, 6.07) is 7.32. The Hall–Kier alpha value is -4.68. The molecule has 0 atom stereocenters. The Morgan fingerprint density at radius 3 is 2.22 bits per heavy atom. The van der Waals surface area contributed by atoms with E-state index in [9.17, 15) is 24.5 Å². The number of ether oxygens (including phenoxy) is 3. The second-order valence-corrected chi connectivity index (χ2v) is 6.15. The number of hydrogen-bond donors (Lipinski definition) is 3. The maximum atomic E-state index is 12.7. The van der Waals surface area contributed by atoms with Gasteiger partial charge in [0.25, 0.3) is 17.4 Å². The van der Waals surface area contributed by atoms with Gasteiger partial charge in [-0.05, 0) is 6.07 Å². The van der Waals surface area contributed by atoms with Crippen molar-refractivity contribution in [2.45, 2.75) is 0 Å². The van der Waals surface area contributed by atoms with E-state index in [1.54, 1.807) is 12.1 Å². The highest BCUT2D eigenvalue weighted by Crippen LogP contribution is 2.46. The first-order chi connectivity index (χ1) is 15.3. The molecule has 1 heterocycles. The van der Waals surface area contributed by atoms with Crippen LogP contribution in [-0.2, 0) is 0 Å². The first-order valence-electron chi connectivity index (χ1n) is 8.89. The number of nitrogens with one attached hydrogen (secondary N) is 3. The van der Waals surface area contributed by atoms with Gasteiger partial charge in [-0.15, -0.1) is 0 Å². The van der Waals surface area contributed by atoms with Crippen LogP contribution in [0.25, 0.3) is 10.8 Å². The summed E-state index contributed by atoms with van der Waals surface area (Å²) in [6.07, 6.45) is 0. The molecule has 0 aliphatic carbocycles. The third-order valence-electron chi connectivity index (χ3n) is 4.43. The Morgan fingerprint density at radius 2 is 1.62 bits per heavy atom. The Kier molecular flexibility index (Phi) is 6.19. The summed E-state index contributed by atoms with van der Waals surface area (Å²) in [7, 11) is 3.70. The minimum absolute atomic E-state index is 0.000258. The summed E-state index contributed by atoms with van der Waals surface area (Å²) in [5, 5.41) is 18.0. The van der Waals surface area contributed by atoms with Gasteiger partial charge in [-0.2, -0.15) is 5.10 Å². The molecule has 3 N–H and O–H groups in total. The van der Waals surface area contributed by atoms with E-state index < -0.39 is 33.5 Å². The molecule has 166 valence electrons. The average molecular weight is 443 g/mol. The molecule has 13 heteroatoms. The van der Waals surface area contributed by atoms with Gasteiger partial charge in [-0.25, -0.2) is 5.10 Å². The van der Waals surface area contributed by atoms with Crippen LogP contribution in [0.5, 0.6) is 17.2 Å². The lowest BCUT2D eigenvalue weighted by atomic mass is 10.1. The summed E-state index contributed by atoms with van der Waals surface area (Å²) < 4.78 is 15.3. The fraction of sp³-hybridized carbons (Fsp3) is 0.158. The van der Waals surface area contributed by atoms with Crippen LogP contribution in [0, 0.1) is 10.1 Å². The van der Waals surface area contributed by atoms with Gasteiger partial charge < -0.3 is 14.2 Å². The highest BCUT2D eigenvalue weighted by Gasteiger charge is 2.32. The SMILES string of the molecule is COc1cc(C(=O)NNC(=O)c2n[nH]c(=O)c3ccccc23)c([N+](=O)[O-])c(OC)c1OC. The lowest BCUT2D eigenvalue weighted by Crippen LogP contribution is -2.42. The summed E-state index contributed by atoms with van der Waals surface area (Å²) in [5.41, 5.74) is 2.40. The molecular formula is C19H17N5O8. The number of hydrazine groups is 1. The molecule has 2 aromatic carbocycles. The first-order valence-corrected chi connectivity index (χ1v) is 8.89. The van der Waals surface area contributed by atoms with Crippen molar-refractivity contribution < 1.29 is 28.7 Å². The predicted octanol–water partition coefficient (Wildman–Crippen LogP) is 0.932. The molecule has 0 saturated carbocycles. The second-order valence-electron chi connectivity index (χ2n) is 6.15. The lowest BCUT2D eigenvalue weighted by molar-refractivity contribution is -0.386. The lowest BCUT2D eigenvalue weighted by Gasteiger charge is -2.15. The van der Waals surface area contributed by atoms with Crippen LogP contribution in [0.1, 0.15) is 20.8 Å². The quantitative estimate of drug-likeness (QED) is 0.370. The maximum Gasteiger partial charge on any atom is 0.327 e. The van der Waals surface area contributed by atoms with Crippen LogP contribution in [-0.4, -0.2) is 48.3 Å². The molecule has 3 rings (SSSR count). The van der Waals surface area contributed by atoms with Gasteiger partial charge in [0.1, 0.15) is 5.56 Å².